The molecule has 1 aliphatic heterocycles. The van der Waals surface area contributed by atoms with Gasteiger partial charge in [0.25, 0.3) is 0 Å². The third-order valence-corrected chi connectivity index (χ3v) is 3.82. The second-order valence-corrected chi connectivity index (χ2v) is 5.34. The summed E-state index contributed by atoms with van der Waals surface area (Å²) in [4.78, 5) is 2.36. The summed E-state index contributed by atoms with van der Waals surface area (Å²) < 4.78 is 26.6. The van der Waals surface area contributed by atoms with Crippen molar-refractivity contribution in [3.8, 4) is 0 Å². The van der Waals surface area contributed by atoms with Gasteiger partial charge in [-0.05, 0) is 48.7 Å². The number of anilines is 2. The average molecular weight is 288 g/mol. The van der Waals surface area contributed by atoms with Gasteiger partial charge in [0.05, 0.1) is 5.69 Å². The number of hydrogen-bond acceptors (Lipinski definition) is 2. The first-order chi connectivity index (χ1) is 10.2. The minimum atomic E-state index is -0.441. The fourth-order valence-corrected chi connectivity index (χ4v) is 2.63. The van der Waals surface area contributed by atoms with Crippen LogP contribution >= 0.6 is 0 Å². The van der Waals surface area contributed by atoms with Gasteiger partial charge < -0.3 is 10.2 Å². The van der Waals surface area contributed by atoms with Crippen LogP contribution < -0.4 is 10.2 Å². The van der Waals surface area contributed by atoms with E-state index >= 15 is 0 Å². The summed E-state index contributed by atoms with van der Waals surface area (Å²) in [5.74, 6) is -0.881. The SMILES string of the molecule is Fc1ccc(F)c(NCc2ccc(N3CCCC3)cc2)c1. The molecule has 0 unspecified atom stereocenters. The smallest absolute Gasteiger partial charge is 0.146 e. The van der Waals surface area contributed by atoms with Crippen molar-refractivity contribution in [1.82, 2.24) is 0 Å². The molecule has 0 saturated carbocycles. The molecule has 1 aliphatic rings. The summed E-state index contributed by atoms with van der Waals surface area (Å²) in [7, 11) is 0. The van der Waals surface area contributed by atoms with Crippen LogP contribution in [0.15, 0.2) is 42.5 Å². The highest BCUT2D eigenvalue weighted by Crippen LogP contribution is 2.21. The standard InChI is InChI=1S/C17H18F2N2/c18-14-5-8-16(19)17(11-14)20-12-13-3-6-15(7-4-13)21-9-1-2-10-21/h3-8,11,20H,1-2,9-10,12H2. The van der Waals surface area contributed by atoms with Gasteiger partial charge in [0.1, 0.15) is 11.6 Å². The average Bonchev–Trinajstić information content (AvgIpc) is 3.03. The largest absolute Gasteiger partial charge is 0.379 e. The molecule has 2 aromatic carbocycles. The first-order valence-electron chi connectivity index (χ1n) is 7.25. The normalized spacial score (nSPS) is 14.5. The van der Waals surface area contributed by atoms with E-state index in [0.717, 1.165) is 30.8 Å². The van der Waals surface area contributed by atoms with E-state index in [1.54, 1.807) is 0 Å². The molecule has 2 aromatic rings. The second kappa shape index (κ2) is 6.12. The number of hydrogen-bond donors (Lipinski definition) is 1. The molecular weight excluding hydrogens is 270 g/mol. The van der Waals surface area contributed by atoms with Crippen LogP contribution in [0, 0.1) is 11.6 Å². The van der Waals surface area contributed by atoms with Crippen LogP contribution in [-0.2, 0) is 6.54 Å². The Hall–Kier alpha value is -2.10. The molecule has 1 fully saturated rings. The fraction of sp³-hybridized carbons (Fsp3) is 0.294. The fourth-order valence-electron chi connectivity index (χ4n) is 2.63. The van der Waals surface area contributed by atoms with Gasteiger partial charge in [-0.3, -0.25) is 0 Å². The van der Waals surface area contributed by atoms with E-state index in [4.69, 9.17) is 0 Å². The van der Waals surface area contributed by atoms with E-state index < -0.39 is 11.6 Å². The molecule has 110 valence electrons. The van der Waals surface area contributed by atoms with Crippen molar-refractivity contribution >= 4 is 11.4 Å². The summed E-state index contributed by atoms with van der Waals surface area (Å²) in [6.45, 7) is 2.71. The lowest BCUT2D eigenvalue weighted by Crippen LogP contribution is -2.17. The van der Waals surface area contributed by atoms with E-state index in [9.17, 15) is 8.78 Å². The van der Waals surface area contributed by atoms with Crippen LogP contribution in [0.2, 0.25) is 0 Å². The number of benzene rings is 2. The lowest BCUT2D eigenvalue weighted by molar-refractivity contribution is 0.602. The Labute approximate surface area is 123 Å². The highest BCUT2D eigenvalue weighted by Gasteiger charge is 2.11. The molecule has 3 rings (SSSR count). The molecule has 0 aliphatic carbocycles. The van der Waals surface area contributed by atoms with Crippen LogP contribution in [0.5, 0.6) is 0 Å². The molecule has 0 aromatic heterocycles. The van der Waals surface area contributed by atoms with Gasteiger partial charge in [-0.15, -0.1) is 0 Å². The zero-order chi connectivity index (χ0) is 14.7. The van der Waals surface area contributed by atoms with E-state index in [1.807, 2.05) is 12.1 Å². The van der Waals surface area contributed by atoms with E-state index in [2.05, 4.69) is 22.3 Å². The molecule has 0 atom stereocenters. The number of halogens is 2. The van der Waals surface area contributed by atoms with Crippen LogP contribution in [0.1, 0.15) is 18.4 Å². The van der Waals surface area contributed by atoms with Crippen molar-refractivity contribution in [2.75, 3.05) is 23.3 Å². The summed E-state index contributed by atoms with van der Waals surface area (Å²) in [6.07, 6.45) is 2.50. The van der Waals surface area contributed by atoms with Crippen LogP contribution in [-0.4, -0.2) is 13.1 Å². The first-order valence-corrected chi connectivity index (χ1v) is 7.25. The van der Waals surface area contributed by atoms with Crippen molar-refractivity contribution in [3.63, 3.8) is 0 Å². The number of rotatable bonds is 4. The minimum Gasteiger partial charge on any atom is -0.379 e. The van der Waals surface area contributed by atoms with Gasteiger partial charge in [0.15, 0.2) is 0 Å². The highest BCUT2D eigenvalue weighted by molar-refractivity contribution is 5.50. The van der Waals surface area contributed by atoms with Crippen molar-refractivity contribution < 1.29 is 8.78 Å². The molecular formula is C17H18F2N2. The molecule has 21 heavy (non-hydrogen) atoms. The van der Waals surface area contributed by atoms with Gasteiger partial charge in [-0.25, -0.2) is 8.78 Å². The third-order valence-electron chi connectivity index (χ3n) is 3.82. The molecule has 0 radical (unpaired) electrons. The molecule has 0 amide bonds. The van der Waals surface area contributed by atoms with Gasteiger partial charge in [0, 0.05) is 25.3 Å². The minimum absolute atomic E-state index is 0.193. The Kier molecular flexibility index (Phi) is 4.04. The van der Waals surface area contributed by atoms with Crippen LogP contribution in [0.4, 0.5) is 20.2 Å². The number of nitrogens with one attached hydrogen (secondary N) is 1. The quantitative estimate of drug-likeness (QED) is 0.908. The summed E-state index contributed by atoms with van der Waals surface area (Å²) in [5, 5.41) is 2.93. The first kappa shape index (κ1) is 13.9. The van der Waals surface area contributed by atoms with Crippen molar-refractivity contribution in [2.45, 2.75) is 19.4 Å². The zero-order valence-electron chi connectivity index (χ0n) is 11.8. The monoisotopic (exact) mass is 288 g/mol. The van der Waals surface area contributed by atoms with Crippen LogP contribution in [0.3, 0.4) is 0 Å². The van der Waals surface area contributed by atoms with Crippen molar-refractivity contribution in [2.24, 2.45) is 0 Å². The maximum Gasteiger partial charge on any atom is 0.146 e. The summed E-state index contributed by atoms with van der Waals surface area (Å²) in [6, 6.07) is 11.7. The molecule has 2 nitrogen and oxygen atoms in total. The summed E-state index contributed by atoms with van der Waals surface area (Å²) in [5.41, 5.74) is 2.47. The topological polar surface area (TPSA) is 15.3 Å². The maximum absolute atomic E-state index is 13.5. The molecule has 0 spiro atoms. The highest BCUT2D eigenvalue weighted by atomic mass is 19.1. The van der Waals surface area contributed by atoms with Crippen molar-refractivity contribution in [3.05, 3.63) is 59.7 Å². The second-order valence-electron chi connectivity index (χ2n) is 5.34. The Morgan fingerprint density at radius 3 is 2.38 bits per heavy atom. The molecule has 1 saturated heterocycles. The Bertz CT molecular complexity index is 605. The summed E-state index contributed by atoms with van der Waals surface area (Å²) >= 11 is 0. The Morgan fingerprint density at radius 2 is 1.67 bits per heavy atom. The predicted molar refractivity (Wildman–Crippen MR) is 81.6 cm³/mol. The molecule has 1 N–H and O–H groups in total. The number of nitrogens with zero attached hydrogens (tertiary/aromatic N) is 1. The predicted octanol–water partition coefficient (Wildman–Crippen LogP) is 4.18. The van der Waals surface area contributed by atoms with E-state index in [-0.39, 0.29) is 5.69 Å². The van der Waals surface area contributed by atoms with E-state index in [0.29, 0.717) is 6.54 Å². The lowest BCUT2D eigenvalue weighted by Gasteiger charge is -2.17. The Morgan fingerprint density at radius 1 is 0.952 bits per heavy atom. The van der Waals surface area contributed by atoms with Crippen LogP contribution in [0.25, 0.3) is 0 Å². The molecule has 0 bridgehead atoms. The zero-order valence-corrected chi connectivity index (χ0v) is 11.8. The van der Waals surface area contributed by atoms with Gasteiger partial charge >= 0.3 is 0 Å². The van der Waals surface area contributed by atoms with Crippen molar-refractivity contribution in [1.29, 1.82) is 0 Å². The van der Waals surface area contributed by atoms with Gasteiger partial charge in [-0.1, -0.05) is 12.1 Å². The van der Waals surface area contributed by atoms with E-state index in [1.165, 1.54) is 24.6 Å². The maximum atomic E-state index is 13.5. The molecule has 4 heteroatoms. The van der Waals surface area contributed by atoms with Gasteiger partial charge in [0.2, 0.25) is 0 Å². The Balaban J connectivity index is 1.64. The lowest BCUT2D eigenvalue weighted by atomic mass is 10.2. The third kappa shape index (κ3) is 3.32. The van der Waals surface area contributed by atoms with Gasteiger partial charge in [-0.2, -0.15) is 0 Å². The molecule has 1 heterocycles.